The standard InChI is InChI=1S/C18H21F2N5O3/c1-11(17-22-13-4-2-3-5-14(13)25(17)18(19)20)23-28-10-15(26)24-8-6-12(7-9-24)16(21)27/h2-5,12,18H,6-10H2,1H3,(H2,21,27)/b23-11+. The molecular weight excluding hydrogens is 372 g/mol. The van der Waals surface area contributed by atoms with Gasteiger partial charge in [0.25, 0.3) is 5.91 Å². The van der Waals surface area contributed by atoms with E-state index in [0.717, 1.165) is 4.57 Å². The minimum absolute atomic E-state index is 0.0223. The number of hydrogen-bond acceptors (Lipinski definition) is 5. The van der Waals surface area contributed by atoms with Crippen LogP contribution in [0.15, 0.2) is 29.4 Å². The average molecular weight is 393 g/mol. The van der Waals surface area contributed by atoms with Crippen LogP contribution in [0.1, 0.15) is 32.1 Å². The molecule has 2 amide bonds. The smallest absolute Gasteiger partial charge is 0.320 e. The zero-order valence-corrected chi connectivity index (χ0v) is 15.3. The largest absolute Gasteiger partial charge is 0.385 e. The summed E-state index contributed by atoms with van der Waals surface area (Å²) >= 11 is 0. The Balaban J connectivity index is 1.64. The molecule has 1 aromatic carbocycles. The average Bonchev–Trinajstić information content (AvgIpc) is 3.07. The van der Waals surface area contributed by atoms with E-state index in [9.17, 15) is 18.4 Å². The van der Waals surface area contributed by atoms with Crippen molar-refractivity contribution in [3.8, 4) is 0 Å². The lowest BCUT2D eigenvalue weighted by Crippen LogP contribution is -2.43. The van der Waals surface area contributed by atoms with Gasteiger partial charge in [0, 0.05) is 19.0 Å². The van der Waals surface area contributed by atoms with Crippen LogP contribution in [0.2, 0.25) is 0 Å². The first kappa shape index (κ1) is 19.7. The Hall–Kier alpha value is -3.04. The van der Waals surface area contributed by atoms with Crippen LogP contribution in [-0.2, 0) is 14.4 Å². The van der Waals surface area contributed by atoms with Crippen molar-refractivity contribution < 1.29 is 23.2 Å². The summed E-state index contributed by atoms with van der Waals surface area (Å²) in [6.07, 6.45) is 1.03. The van der Waals surface area contributed by atoms with Gasteiger partial charge in [-0.15, -0.1) is 0 Å². The minimum atomic E-state index is -2.79. The first-order valence-corrected chi connectivity index (χ1v) is 8.87. The molecule has 0 saturated carbocycles. The number of carbonyl (C=O) groups excluding carboxylic acids is 2. The summed E-state index contributed by atoms with van der Waals surface area (Å²) in [6, 6.07) is 6.53. The highest BCUT2D eigenvalue weighted by atomic mass is 19.3. The fourth-order valence-electron chi connectivity index (χ4n) is 3.23. The van der Waals surface area contributed by atoms with Crippen LogP contribution < -0.4 is 5.73 Å². The van der Waals surface area contributed by atoms with Gasteiger partial charge in [0.1, 0.15) is 5.71 Å². The number of primary amides is 1. The maximum absolute atomic E-state index is 13.5. The summed E-state index contributed by atoms with van der Waals surface area (Å²) in [4.78, 5) is 34.2. The lowest BCUT2D eigenvalue weighted by molar-refractivity contribution is -0.139. The predicted molar refractivity (Wildman–Crippen MR) is 97.6 cm³/mol. The Bertz CT molecular complexity index is 904. The van der Waals surface area contributed by atoms with Crippen LogP contribution in [0.25, 0.3) is 11.0 Å². The van der Waals surface area contributed by atoms with Crippen molar-refractivity contribution in [2.45, 2.75) is 26.3 Å². The van der Waals surface area contributed by atoms with E-state index in [1.807, 2.05) is 0 Å². The third kappa shape index (κ3) is 4.10. The third-order valence-corrected chi connectivity index (χ3v) is 4.75. The van der Waals surface area contributed by atoms with Crippen molar-refractivity contribution in [3.63, 3.8) is 0 Å². The van der Waals surface area contributed by atoms with Gasteiger partial charge >= 0.3 is 6.55 Å². The monoisotopic (exact) mass is 393 g/mol. The van der Waals surface area contributed by atoms with E-state index >= 15 is 0 Å². The number of rotatable bonds is 6. The number of piperidine rings is 1. The number of likely N-dealkylation sites (tertiary alicyclic amines) is 1. The molecule has 1 fully saturated rings. The number of para-hydroxylation sites is 2. The molecule has 2 heterocycles. The number of hydrogen-bond donors (Lipinski definition) is 1. The molecule has 3 rings (SSSR count). The number of carbonyl (C=O) groups is 2. The van der Waals surface area contributed by atoms with Gasteiger partial charge in [-0.1, -0.05) is 17.3 Å². The van der Waals surface area contributed by atoms with E-state index in [1.165, 1.54) is 6.92 Å². The topological polar surface area (TPSA) is 103 Å². The maximum Gasteiger partial charge on any atom is 0.320 e. The van der Waals surface area contributed by atoms with Gasteiger partial charge in [-0.3, -0.25) is 14.2 Å². The molecule has 1 aliphatic heterocycles. The van der Waals surface area contributed by atoms with Gasteiger partial charge in [0.05, 0.1) is 11.0 Å². The molecule has 0 unspecified atom stereocenters. The van der Waals surface area contributed by atoms with E-state index in [4.69, 9.17) is 10.6 Å². The van der Waals surface area contributed by atoms with Gasteiger partial charge < -0.3 is 15.5 Å². The Morgan fingerprint density at radius 2 is 2.00 bits per heavy atom. The Morgan fingerprint density at radius 3 is 2.64 bits per heavy atom. The molecule has 2 aromatic rings. The molecule has 150 valence electrons. The summed E-state index contributed by atoms with van der Waals surface area (Å²) in [6.45, 7) is -0.795. The first-order valence-electron chi connectivity index (χ1n) is 8.87. The lowest BCUT2D eigenvalue weighted by atomic mass is 9.96. The lowest BCUT2D eigenvalue weighted by Gasteiger charge is -2.30. The molecule has 28 heavy (non-hydrogen) atoms. The van der Waals surface area contributed by atoms with Crippen molar-refractivity contribution in [3.05, 3.63) is 30.1 Å². The number of alkyl halides is 2. The van der Waals surface area contributed by atoms with E-state index in [0.29, 0.717) is 31.4 Å². The van der Waals surface area contributed by atoms with Crippen molar-refractivity contribution in [1.29, 1.82) is 0 Å². The SMILES string of the molecule is C/C(=N\OCC(=O)N1CCC(C(N)=O)CC1)c1nc2ccccc2n1C(F)F. The second-order valence-electron chi connectivity index (χ2n) is 6.58. The summed E-state index contributed by atoms with van der Waals surface area (Å²) < 4.78 is 27.7. The summed E-state index contributed by atoms with van der Waals surface area (Å²) in [5.74, 6) is -0.883. The second-order valence-corrected chi connectivity index (χ2v) is 6.58. The van der Waals surface area contributed by atoms with Crippen LogP contribution in [0.4, 0.5) is 8.78 Å². The third-order valence-electron chi connectivity index (χ3n) is 4.75. The Kier molecular flexibility index (Phi) is 5.86. The van der Waals surface area contributed by atoms with Gasteiger partial charge in [0.2, 0.25) is 5.91 Å². The van der Waals surface area contributed by atoms with Gasteiger partial charge in [-0.05, 0) is 31.9 Å². The van der Waals surface area contributed by atoms with Crippen LogP contribution in [0.5, 0.6) is 0 Å². The molecule has 0 atom stereocenters. The maximum atomic E-state index is 13.5. The van der Waals surface area contributed by atoms with Gasteiger partial charge in [0.15, 0.2) is 12.4 Å². The van der Waals surface area contributed by atoms with Gasteiger partial charge in [-0.2, -0.15) is 8.78 Å². The minimum Gasteiger partial charge on any atom is -0.385 e. The summed E-state index contributed by atoms with van der Waals surface area (Å²) in [7, 11) is 0. The van der Waals surface area contributed by atoms with Crippen LogP contribution in [-0.4, -0.2) is 51.7 Å². The molecule has 1 saturated heterocycles. The van der Waals surface area contributed by atoms with E-state index < -0.39 is 6.55 Å². The molecule has 2 N–H and O–H groups in total. The molecule has 8 nitrogen and oxygen atoms in total. The molecule has 0 spiro atoms. The van der Waals surface area contributed by atoms with Crippen LogP contribution in [0.3, 0.4) is 0 Å². The van der Waals surface area contributed by atoms with Crippen molar-refractivity contribution in [1.82, 2.24) is 14.5 Å². The second kappa shape index (κ2) is 8.32. The number of fused-ring (bicyclic) bond motifs is 1. The number of imidazole rings is 1. The normalized spacial score (nSPS) is 16.0. The first-order chi connectivity index (χ1) is 13.4. The van der Waals surface area contributed by atoms with Crippen molar-refractivity contribution in [2.24, 2.45) is 16.8 Å². The summed E-state index contributed by atoms with van der Waals surface area (Å²) in [5, 5.41) is 3.79. The van der Waals surface area contributed by atoms with Crippen molar-refractivity contribution in [2.75, 3.05) is 19.7 Å². The molecule has 0 aliphatic carbocycles. The number of nitrogens with zero attached hydrogens (tertiary/aromatic N) is 4. The van der Waals surface area contributed by atoms with Crippen molar-refractivity contribution >= 4 is 28.6 Å². The highest BCUT2D eigenvalue weighted by Crippen LogP contribution is 2.23. The molecule has 0 bridgehead atoms. The fourth-order valence-corrected chi connectivity index (χ4v) is 3.23. The molecule has 10 heteroatoms. The Morgan fingerprint density at radius 1 is 1.32 bits per heavy atom. The number of nitrogens with two attached hydrogens (primary N) is 1. The van der Waals surface area contributed by atoms with Crippen LogP contribution >= 0.6 is 0 Å². The molecule has 1 aromatic heterocycles. The highest BCUT2D eigenvalue weighted by molar-refractivity contribution is 5.98. The van der Waals surface area contributed by atoms with Gasteiger partial charge in [-0.25, -0.2) is 4.98 Å². The molecule has 0 radical (unpaired) electrons. The number of oxime groups is 1. The zero-order valence-electron chi connectivity index (χ0n) is 15.3. The number of benzene rings is 1. The van der Waals surface area contributed by atoms with E-state index in [2.05, 4.69) is 10.1 Å². The van der Waals surface area contributed by atoms with E-state index in [1.54, 1.807) is 29.2 Å². The van der Waals surface area contributed by atoms with Crippen LogP contribution in [0, 0.1) is 5.92 Å². The fraction of sp³-hybridized carbons (Fsp3) is 0.444. The number of aromatic nitrogens is 2. The number of halogens is 2. The highest BCUT2D eigenvalue weighted by Gasteiger charge is 2.26. The molecule has 1 aliphatic rings. The Labute approximate surface area is 159 Å². The molecular formula is C18H21F2N5O3. The van der Waals surface area contributed by atoms with E-state index in [-0.39, 0.29) is 41.4 Å². The quantitative estimate of drug-likeness (QED) is 0.598. The summed E-state index contributed by atoms with van der Waals surface area (Å²) in [5.41, 5.74) is 6.11. The zero-order chi connectivity index (χ0) is 20.3. The predicted octanol–water partition coefficient (Wildman–Crippen LogP) is 1.90. The number of amides is 2.